The van der Waals surface area contributed by atoms with E-state index in [4.69, 9.17) is 0 Å². The fourth-order valence-corrected chi connectivity index (χ4v) is 3.19. The molecule has 0 heterocycles. The number of aliphatic carboxylic acids is 1. The third kappa shape index (κ3) is 4.74. The molecule has 2 unspecified atom stereocenters. The number of hydrogen-bond acceptors (Lipinski definition) is 3. The normalized spacial score (nSPS) is 20.8. The Morgan fingerprint density at radius 2 is 2.00 bits per heavy atom. The van der Waals surface area contributed by atoms with E-state index in [2.05, 4.69) is 24.1 Å². The summed E-state index contributed by atoms with van der Waals surface area (Å²) in [5.41, 5.74) is -0.847. The van der Waals surface area contributed by atoms with Gasteiger partial charge in [0, 0.05) is 18.6 Å². The first kappa shape index (κ1) is 17.4. The SMILES string of the molecule is CCN(CC1CCC1)C(C)CC(C)(NC(C)C)C(=O)O. The van der Waals surface area contributed by atoms with Gasteiger partial charge < -0.3 is 10.0 Å². The molecule has 20 heavy (non-hydrogen) atoms. The molecule has 4 nitrogen and oxygen atoms in total. The van der Waals surface area contributed by atoms with Crippen molar-refractivity contribution in [1.82, 2.24) is 10.2 Å². The van der Waals surface area contributed by atoms with Crippen molar-refractivity contribution in [2.45, 2.75) is 77.9 Å². The summed E-state index contributed by atoms with van der Waals surface area (Å²) >= 11 is 0. The summed E-state index contributed by atoms with van der Waals surface area (Å²) in [5.74, 6) is 0.0734. The molecule has 0 aromatic rings. The van der Waals surface area contributed by atoms with Crippen molar-refractivity contribution in [2.24, 2.45) is 5.92 Å². The van der Waals surface area contributed by atoms with Crippen molar-refractivity contribution in [2.75, 3.05) is 13.1 Å². The number of carbonyl (C=O) groups is 1. The Morgan fingerprint density at radius 3 is 2.35 bits per heavy atom. The molecule has 4 heteroatoms. The minimum Gasteiger partial charge on any atom is -0.480 e. The summed E-state index contributed by atoms with van der Waals surface area (Å²) in [5, 5.41) is 12.8. The number of nitrogens with one attached hydrogen (secondary N) is 1. The monoisotopic (exact) mass is 284 g/mol. The van der Waals surface area contributed by atoms with Crippen molar-refractivity contribution in [3.8, 4) is 0 Å². The Labute approximate surface area is 123 Å². The van der Waals surface area contributed by atoms with Gasteiger partial charge in [-0.05, 0) is 59.4 Å². The maximum atomic E-state index is 11.6. The van der Waals surface area contributed by atoms with E-state index in [9.17, 15) is 9.90 Å². The van der Waals surface area contributed by atoms with Gasteiger partial charge in [0.2, 0.25) is 0 Å². The van der Waals surface area contributed by atoms with Crippen LogP contribution in [0.2, 0.25) is 0 Å². The lowest BCUT2D eigenvalue weighted by molar-refractivity contribution is -0.145. The number of hydrogen-bond donors (Lipinski definition) is 2. The van der Waals surface area contributed by atoms with Crippen LogP contribution in [0.1, 0.15) is 60.3 Å². The van der Waals surface area contributed by atoms with Crippen molar-refractivity contribution in [3.63, 3.8) is 0 Å². The molecule has 0 aromatic carbocycles. The zero-order chi connectivity index (χ0) is 15.3. The number of rotatable bonds is 9. The molecule has 1 aliphatic carbocycles. The highest BCUT2D eigenvalue weighted by Crippen LogP contribution is 2.28. The van der Waals surface area contributed by atoms with Crippen LogP contribution in [0.4, 0.5) is 0 Å². The van der Waals surface area contributed by atoms with Crippen LogP contribution >= 0.6 is 0 Å². The molecule has 1 saturated carbocycles. The summed E-state index contributed by atoms with van der Waals surface area (Å²) in [4.78, 5) is 14.0. The summed E-state index contributed by atoms with van der Waals surface area (Å²) in [7, 11) is 0. The highest BCUT2D eigenvalue weighted by Gasteiger charge is 2.36. The Morgan fingerprint density at radius 1 is 1.40 bits per heavy atom. The second-order valence-electron chi connectivity index (χ2n) is 6.87. The number of carboxylic acid groups (broad SMARTS) is 1. The number of carboxylic acids is 1. The highest BCUT2D eigenvalue weighted by atomic mass is 16.4. The van der Waals surface area contributed by atoms with Crippen LogP contribution in [0.15, 0.2) is 0 Å². The van der Waals surface area contributed by atoms with Gasteiger partial charge in [0.05, 0.1) is 0 Å². The van der Waals surface area contributed by atoms with E-state index in [1.165, 1.54) is 19.3 Å². The second-order valence-corrected chi connectivity index (χ2v) is 6.87. The largest absolute Gasteiger partial charge is 0.480 e. The maximum absolute atomic E-state index is 11.6. The van der Waals surface area contributed by atoms with E-state index in [0.717, 1.165) is 19.0 Å². The average Bonchev–Trinajstić information content (AvgIpc) is 2.25. The Kier molecular flexibility index (Phi) is 6.46. The lowest BCUT2D eigenvalue weighted by Crippen LogP contribution is -2.56. The van der Waals surface area contributed by atoms with Crippen molar-refractivity contribution in [1.29, 1.82) is 0 Å². The van der Waals surface area contributed by atoms with E-state index >= 15 is 0 Å². The first-order valence-electron chi connectivity index (χ1n) is 8.03. The Balaban J connectivity index is 2.62. The van der Waals surface area contributed by atoms with Gasteiger partial charge >= 0.3 is 5.97 Å². The molecular formula is C16H32N2O2. The smallest absolute Gasteiger partial charge is 0.323 e. The predicted molar refractivity (Wildman–Crippen MR) is 83.0 cm³/mol. The van der Waals surface area contributed by atoms with Crippen molar-refractivity contribution < 1.29 is 9.90 Å². The van der Waals surface area contributed by atoms with Gasteiger partial charge in [-0.25, -0.2) is 0 Å². The maximum Gasteiger partial charge on any atom is 0.323 e. The summed E-state index contributed by atoms with van der Waals surface area (Å²) in [6.07, 6.45) is 4.67. The number of nitrogens with zero attached hydrogens (tertiary/aromatic N) is 1. The Hall–Kier alpha value is -0.610. The predicted octanol–water partition coefficient (Wildman–Crippen LogP) is 2.73. The fourth-order valence-electron chi connectivity index (χ4n) is 3.19. The minimum atomic E-state index is -0.847. The highest BCUT2D eigenvalue weighted by molar-refractivity contribution is 5.78. The van der Waals surface area contributed by atoms with Crippen LogP contribution in [0.3, 0.4) is 0 Å². The fraction of sp³-hybridized carbons (Fsp3) is 0.938. The quantitative estimate of drug-likeness (QED) is 0.683. The van der Waals surface area contributed by atoms with E-state index in [1.807, 2.05) is 20.8 Å². The van der Waals surface area contributed by atoms with E-state index in [-0.39, 0.29) is 12.1 Å². The zero-order valence-corrected chi connectivity index (χ0v) is 13.8. The van der Waals surface area contributed by atoms with Gasteiger partial charge in [0.25, 0.3) is 0 Å². The van der Waals surface area contributed by atoms with Crippen LogP contribution in [-0.2, 0) is 4.79 Å². The van der Waals surface area contributed by atoms with Crippen LogP contribution in [0, 0.1) is 5.92 Å². The molecule has 0 saturated heterocycles. The lowest BCUT2D eigenvalue weighted by atomic mass is 9.84. The standard InChI is InChI=1S/C16H32N2O2/c1-6-18(11-14-8-7-9-14)13(4)10-16(5,15(19)20)17-12(2)3/h12-14,17H,6-11H2,1-5H3,(H,19,20). The third-order valence-corrected chi connectivity index (χ3v) is 4.53. The average molecular weight is 284 g/mol. The topological polar surface area (TPSA) is 52.6 Å². The van der Waals surface area contributed by atoms with E-state index < -0.39 is 11.5 Å². The third-order valence-electron chi connectivity index (χ3n) is 4.53. The van der Waals surface area contributed by atoms with E-state index in [0.29, 0.717) is 6.42 Å². The molecule has 2 atom stereocenters. The molecule has 1 aliphatic rings. The second kappa shape index (κ2) is 7.41. The molecule has 2 N–H and O–H groups in total. The molecule has 0 amide bonds. The summed E-state index contributed by atoms with van der Waals surface area (Å²) in [6, 6.07) is 0.456. The van der Waals surface area contributed by atoms with Gasteiger partial charge in [-0.2, -0.15) is 0 Å². The molecule has 0 aliphatic heterocycles. The van der Waals surface area contributed by atoms with Crippen molar-refractivity contribution >= 4 is 5.97 Å². The first-order valence-corrected chi connectivity index (χ1v) is 8.03. The van der Waals surface area contributed by atoms with Gasteiger partial charge in [-0.3, -0.25) is 10.1 Å². The van der Waals surface area contributed by atoms with Crippen LogP contribution in [0.25, 0.3) is 0 Å². The van der Waals surface area contributed by atoms with Crippen LogP contribution < -0.4 is 5.32 Å². The minimum absolute atomic E-state index is 0.171. The molecule has 0 radical (unpaired) electrons. The molecule has 1 fully saturated rings. The zero-order valence-electron chi connectivity index (χ0n) is 13.8. The molecule has 118 valence electrons. The molecule has 0 spiro atoms. The van der Waals surface area contributed by atoms with E-state index in [1.54, 1.807) is 0 Å². The molecule has 1 rings (SSSR count). The van der Waals surface area contributed by atoms with Crippen molar-refractivity contribution in [3.05, 3.63) is 0 Å². The van der Waals surface area contributed by atoms with Gasteiger partial charge in [-0.15, -0.1) is 0 Å². The lowest BCUT2D eigenvalue weighted by Gasteiger charge is -2.39. The van der Waals surface area contributed by atoms with Gasteiger partial charge in [0.15, 0.2) is 0 Å². The van der Waals surface area contributed by atoms with Gasteiger partial charge in [0.1, 0.15) is 5.54 Å². The molecule has 0 bridgehead atoms. The molecule has 0 aromatic heterocycles. The Bertz CT molecular complexity index is 316. The van der Waals surface area contributed by atoms with Crippen LogP contribution in [0.5, 0.6) is 0 Å². The van der Waals surface area contributed by atoms with Crippen LogP contribution in [-0.4, -0.2) is 46.7 Å². The van der Waals surface area contributed by atoms with Gasteiger partial charge in [-0.1, -0.05) is 13.3 Å². The summed E-state index contributed by atoms with van der Waals surface area (Å²) < 4.78 is 0. The first-order chi connectivity index (χ1) is 9.28. The molecular weight excluding hydrogens is 252 g/mol. The summed E-state index contributed by atoms with van der Waals surface area (Å²) in [6.45, 7) is 12.2.